The molecule has 0 aromatic heterocycles. The first-order valence-electron chi connectivity index (χ1n) is 7.93. The molecule has 0 spiro atoms. The first kappa shape index (κ1) is 17.7. The predicted molar refractivity (Wildman–Crippen MR) is 100 cm³/mol. The number of benzene rings is 3. The topological polar surface area (TPSA) is 61.7 Å². The largest absolute Gasteiger partial charge is 0.545 e. The first-order chi connectivity index (χ1) is 12.6. The van der Waals surface area contributed by atoms with Gasteiger partial charge in [0, 0.05) is 11.2 Å². The molecule has 5 heteroatoms. The van der Waals surface area contributed by atoms with Gasteiger partial charge in [-0.1, -0.05) is 35.9 Å². The molecule has 26 heavy (non-hydrogen) atoms. The second-order valence-corrected chi connectivity index (χ2v) is 6.01. The molecule has 0 bridgehead atoms. The smallest absolute Gasteiger partial charge is 0.119 e. The highest BCUT2D eigenvalue weighted by atomic mass is 35.5. The fraction of sp³-hybridized carbons (Fsp3) is 0.0476. The maximum atomic E-state index is 10.7. The highest BCUT2D eigenvalue weighted by Gasteiger charge is 1.98. The van der Waals surface area contributed by atoms with E-state index in [1.165, 1.54) is 12.1 Å². The minimum Gasteiger partial charge on any atom is -0.545 e. The van der Waals surface area contributed by atoms with Crippen LogP contribution in [-0.2, 0) is 6.61 Å². The Morgan fingerprint density at radius 2 is 1.62 bits per heavy atom. The zero-order valence-electron chi connectivity index (χ0n) is 13.8. The number of hydrogen-bond acceptors (Lipinski definition) is 4. The summed E-state index contributed by atoms with van der Waals surface area (Å²) in [4.78, 5) is 15.0. The van der Waals surface area contributed by atoms with Gasteiger partial charge in [-0.05, 0) is 65.2 Å². The van der Waals surface area contributed by atoms with Crippen LogP contribution in [0.25, 0.3) is 0 Å². The van der Waals surface area contributed by atoms with Gasteiger partial charge in [0.25, 0.3) is 0 Å². The number of carbonyl (C=O) groups is 1. The number of aliphatic imine (C=N–C) groups is 1. The van der Waals surface area contributed by atoms with Crippen molar-refractivity contribution in [3.8, 4) is 5.75 Å². The van der Waals surface area contributed by atoms with Crippen LogP contribution in [0.15, 0.2) is 77.8 Å². The lowest BCUT2D eigenvalue weighted by molar-refractivity contribution is -0.255. The highest BCUT2D eigenvalue weighted by Crippen LogP contribution is 2.16. The summed E-state index contributed by atoms with van der Waals surface area (Å²) in [6, 6.07) is 21.3. The van der Waals surface area contributed by atoms with E-state index in [1.807, 2.05) is 48.5 Å². The standard InChI is InChI=1S/C21H16ClNO3/c22-18-7-1-16(2-8-18)14-26-20-11-3-15(4-12-20)13-23-19-9-5-17(6-10-19)21(24)25/h1-13H,14H2,(H,24,25)/p-1. The molecule has 0 radical (unpaired) electrons. The third-order valence-electron chi connectivity index (χ3n) is 3.66. The number of nitrogens with zero attached hydrogens (tertiary/aromatic N) is 1. The van der Waals surface area contributed by atoms with Gasteiger partial charge in [-0.25, -0.2) is 0 Å². The second-order valence-electron chi connectivity index (χ2n) is 5.58. The Labute approximate surface area is 156 Å². The molecular weight excluding hydrogens is 350 g/mol. The minimum atomic E-state index is -1.20. The molecule has 0 aliphatic rings. The molecule has 0 unspecified atom stereocenters. The van der Waals surface area contributed by atoms with Gasteiger partial charge in [-0.15, -0.1) is 0 Å². The monoisotopic (exact) mass is 364 g/mol. The summed E-state index contributed by atoms with van der Waals surface area (Å²) in [5, 5.41) is 11.4. The van der Waals surface area contributed by atoms with Crippen molar-refractivity contribution in [1.29, 1.82) is 0 Å². The van der Waals surface area contributed by atoms with E-state index in [-0.39, 0.29) is 5.56 Å². The van der Waals surface area contributed by atoms with Crippen molar-refractivity contribution in [2.24, 2.45) is 4.99 Å². The van der Waals surface area contributed by atoms with Crippen molar-refractivity contribution in [3.63, 3.8) is 0 Å². The number of ether oxygens (including phenoxy) is 1. The summed E-state index contributed by atoms with van der Waals surface area (Å²) < 4.78 is 5.74. The molecule has 0 aliphatic heterocycles. The molecule has 0 saturated heterocycles. The van der Waals surface area contributed by atoms with Crippen LogP contribution < -0.4 is 9.84 Å². The number of carboxylic acid groups (broad SMARTS) is 1. The zero-order valence-corrected chi connectivity index (χ0v) is 14.5. The Kier molecular flexibility index (Phi) is 5.66. The van der Waals surface area contributed by atoms with E-state index in [9.17, 15) is 9.90 Å². The van der Waals surface area contributed by atoms with Gasteiger partial charge in [0.2, 0.25) is 0 Å². The summed E-state index contributed by atoms with van der Waals surface area (Å²) in [6.07, 6.45) is 1.71. The van der Waals surface area contributed by atoms with Crippen LogP contribution in [0.1, 0.15) is 21.5 Å². The van der Waals surface area contributed by atoms with Crippen molar-refractivity contribution in [3.05, 3.63) is 94.5 Å². The molecule has 0 aliphatic carbocycles. The Hall–Kier alpha value is -3.11. The quantitative estimate of drug-likeness (QED) is 0.620. The predicted octanol–water partition coefficient (Wildman–Crippen LogP) is 4.03. The molecule has 0 saturated carbocycles. The maximum Gasteiger partial charge on any atom is 0.119 e. The molecule has 0 amide bonds. The number of carbonyl (C=O) groups excluding carboxylic acids is 1. The van der Waals surface area contributed by atoms with Crippen molar-refractivity contribution < 1.29 is 14.6 Å². The van der Waals surface area contributed by atoms with Crippen LogP contribution in [0.5, 0.6) is 5.75 Å². The van der Waals surface area contributed by atoms with E-state index < -0.39 is 5.97 Å². The van der Waals surface area contributed by atoms with Gasteiger partial charge in [0.15, 0.2) is 0 Å². The summed E-state index contributed by atoms with van der Waals surface area (Å²) in [5.41, 5.74) is 2.75. The molecular formula is C21H15ClNO3-. The average Bonchev–Trinajstić information content (AvgIpc) is 2.67. The summed E-state index contributed by atoms with van der Waals surface area (Å²) in [5.74, 6) is -0.440. The molecule has 3 rings (SSSR count). The number of hydrogen-bond donors (Lipinski definition) is 0. The summed E-state index contributed by atoms with van der Waals surface area (Å²) >= 11 is 5.86. The van der Waals surface area contributed by atoms with E-state index in [4.69, 9.17) is 16.3 Å². The first-order valence-corrected chi connectivity index (χ1v) is 8.31. The third kappa shape index (κ3) is 4.94. The lowest BCUT2D eigenvalue weighted by Gasteiger charge is -2.06. The van der Waals surface area contributed by atoms with Gasteiger partial charge in [-0.3, -0.25) is 4.99 Å². The lowest BCUT2D eigenvalue weighted by Crippen LogP contribution is -2.21. The molecule has 3 aromatic rings. The van der Waals surface area contributed by atoms with Crippen LogP contribution in [-0.4, -0.2) is 12.2 Å². The van der Waals surface area contributed by atoms with E-state index >= 15 is 0 Å². The minimum absolute atomic E-state index is 0.131. The maximum absolute atomic E-state index is 10.7. The van der Waals surface area contributed by atoms with Gasteiger partial charge in [-0.2, -0.15) is 0 Å². The van der Waals surface area contributed by atoms with Crippen LogP contribution in [0.4, 0.5) is 5.69 Å². The second kappa shape index (κ2) is 8.32. The van der Waals surface area contributed by atoms with Gasteiger partial charge < -0.3 is 14.6 Å². The van der Waals surface area contributed by atoms with E-state index in [1.54, 1.807) is 18.3 Å². The third-order valence-corrected chi connectivity index (χ3v) is 3.92. The summed E-state index contributed by atoms with van der Waals surface area (Å²) in [7, 11) is 0. The normalized spacial score (nSPS) is 10.8. The molecule has 0 fully saturated rings. The van der Waals surface area contributed by atoms with Crippen molar-refractivity contribution >= 4 is 29.5 Å². The fourth-order valence-corrected chi connectivity index (χ4v) is 2.36. The van der Waals surface area contributed by atoms with Crippen LogP contribution in [0.2, 0.25) is 5.02 Å². The number of aromatic carboxylic acids is 1. The molecule has 0 atom stereocenters. The van der Waals surface area contributed by atoms with E-state index in [2.05, 4.69) is 4.99 Å². The molecule has 130 valence electrons. The Bertz CT molecular complexity index is 901. The lowest BCUT2D eigenvalue weighted by atomic mass is 10.2. The van der Waals surface area contributed by atoms with Gasteiger partial charge >= 0.3 is 0 Å². The van der Waals surface area contributed by atoms with E-state index in [0.717, 1.165) is 16.9 Å². The van der Waals surface area contributed by atoms with Crippen LogP contribution >= 0.6 is 11.6 Å². The highest BCUT2D eigenvalue weighted by molar-refractivity contribution is 6.30. The van der Waals surface area contributed by atoms with Crippen molar-refractivity contribution in [2.45, 2.75) is 6.61 Å². The molecule has 0 N–H and O–H groups in total. The SMILES string of the molecule is O=C([O-])c1ccc(N=Cc2ccc(OCc3ccc(Cl)cc3)cc2)cc1. The van der Waals surface area contributed by atoms with Gasteiger partial charge in [0.1, 0.15) is 12.4 Å². The van der Waals surface area contributed by atoms with Crippen molar-refractivity contribution in [2.75, 3.05) is 0 Å². The van der Waals surface area contributed by atoms with Crippen LogP contribution in [0, 0.1) is 0 Å². The molecule has 3 aromatic carbocycles. The summed E-state index contributed by atoms with van der Waals surface area (Å²) in [6.45, 7) is 0.468. The molecule has 4 nitrogen and oxygen atoms in total. The number of carboxylic acids is 1. The fourth-order valence-electron chi connectivity index (χ4n) is 2.23. The van der Waals surface area contributed by atoms with Gasteiger partial charge in [0.05, 0.1) is 11.7 Å². The average molecular weight is 365 g/mol. The Balaban J connectivity index is 1.58. The zero-order chi connectivity index (χ0) is 18.4. The Morgan fingerprint density at radius 1 is 0.962 bits per heavy atom. The molecule has 0 heterocycles. The van der Waals surface area contributed by atoms with Crippen LogP contribution in [0.3, 0.4) is 0 Å². The number of halogens is 1. The van der Waals surface area contributed by atoms with E-state index in [0.29, 0.717) is 17.3 Å². The van der Waals surface area contributed by atoms with Crippen molar-refractivity contribution in [1.82, 2.24) is 0 Å². The number of rotatable bonds is 6. The Morgan fingerprint density at radius 3 is 2.23 bits per heavy atom.